The standard InChI is InChI=1S/C21H25N3O4S2/c1-14-2-4-17(5-3-14)23-30(27,28)18-10-13-29-19(18)21(26)24-11-8-15(9-12-24)20(25)22-16-6-7-16/h2-5,10,13,15-16,23H,6-9,11-12H2,1H3,(H,22,25). The second-order valence-corrected chi connectivity index (χ2v) is 10.5. The summed E-state index contributed by atoms with van der Waals surface area (Å²) in [5.74, 6) is -0.300. The van der Waals surface area contributed by atoms with Gasteiger partial charge in [0, 0.05) is 30.7 Å². The van der Waals surface area contributed by atoms with Crippen LogP contribution in [0.3, 0.4) is 0 Å². The van der Waals surface area contributed by atoms with Crippen LogP contribution in [0.2, 0.25) is 0 Å². The lowest BCUT2D eigenvalue weighted by Crippen LogP contribution is -2.43. The fourth-order valence-electron chi connectivity index (χ4n) is 3.53. The van der Waals surface area contributed by atoms with Gasteiger partial charge in [0.15, 0.2) is 0 Å². The summed E-state index contributed by atoms with van der Waals surface area (Å²) in [6.07, 6.45) is 3.30. The van der Waals surface area contributed by atoms with Crippen LogP contribution in [0.5, 0.6) is 0 Å². The van der Waals surface area contributed by atoms with Crippen molar-refractivity contribution in [3.05, 3.63) is 46.2 Å². The Morgan fingerprint density at radius 1 is 1.03 bits per heavy atom. The van der Waals surface area contributed by atoms with E-state index in [0.717, 1.165) is 29.7 Å². The number of sulfonamides is 1. The number of benzene rings is 1. The van der Waals surface area contributed by atoms with Crippen LogP contribution >= 0.6 is 11.3 Å². The number of nitrogens with one attached hydrogen (secondary N) is 2. The molecule has 2 fully saturated rings. The number of anilines is 1. The molecule has 0 spiro atoms. The zero-order valence-corrected chi connectivity index (χ0v) is 18.4. The molecule has 1 saturated heterocycles. The van der Waals surface area contributed by atoms with Crippen LogP contribution < -0.4 is 10.0 Å². The maximum Gasteiger partial charge on any atom is 0.265 e. The Hall–Kier alpha value is -2.39. The van der Waals surface area contributed by atoms with E-state index in [1.165, 1.54) is 6.07 Å². The predicted molar refractivity (Wildman–Crippen MR) is 116 cm³/mol. The number of amides is 2. The van der Waals surface area contributed by atoms with Crippen molar-refractivity contribution < 1.29 is 18.0 Å². The largest absolute Gasteiger partial charge is 0.353 e. The van der Waals surface area contributed by atoms with E-state index >= 15 is 0 Å². The highest BCUT2D eigenvalue weighted by atomic mass is 32.2. The zero-order chi connectivity index (χ0) is 21.3. The number of likely N-dealkylation sites (tertiary alicyclic amines) is 1. The number of rotatable bonds is 6. The molecule has 1 saturated carbocycles. The van der Waals surface area contributed by atoms with Gasteiger partial charge in [-0.05, 0) is 56.2 Å². The van der Waals surface area contributed by atoms with Crippen LogP contribution in [0.15, 0.2) is 40.6 Å². The van der Waals surface area contributed by atoms with Gasteiger partial charge < -0.3 is 10.2 Å². The van der Waals surface area contributed by atoms with Crippen molar-refractivity contribution in [2.45, 2.75) is 43.5 Å². The SMILES string of the molecule is Cc1ccc(NS(=O)(=O)c2ccsc2C(=O)N2CCC(C(=O)NC3CC3)CC2)cc1. The molecule has 0 bridgehead atoms. The van der Waals surface area contributed by atoms with Gasteiger partial charge in [-0.3, -0.25) is 14.3 Å². The van der Waals surface area contributed by atoms with E-state index in [-0.39, 0.29) is 27.5 Å². The molecule has 0 radical (unpaired) electrons. The first-order chi connectivity index (χ1) is 14.3. The summed E-state index contributed by atoms with van der Waals surface area (Å²) in [7, 11) is -3.88. The monoisotopic (exact) mass is 447 g/mol. The lowest BCUT2D eigenvalue weighted by molar-refractivity contribution is -0.126. The van der Waals surface area contributed by atoms with Crippen LogP contribution in [0.1, 0.15) is 40.9 Å². The van der Waals surface area contributed by atoms with Crippen LogP contribution in [0.4, 0.5) is 5.69 Å². The maximum absolute atomic E-state index is 13.0. The molecular weight excluding hydrogens is 422 g/mol. The fraction of sp³-hybridized carbons (Fsp3) is 0.429. The third-order valence-corrected chi connectivity index (χ3v) is 7.95. The van der Waals surface area contributed by atoms with E-state index in [1.54, 1.807) is 22.4 Å². The average molecular weight is 448 g/mol. The smallest absolute Gasteiger partial charge is 0.265 e. The van der Waals surface area contributed by atoms with Gasteiger partial charge in [0.1, 0.15) is 9.77 Å². The molecule has 0 atom stereocenters. The van der Waals surface area contributed by atoms with Gasteiger partial charge in [-0.25, -0.2) is 8.42 Å². The van der Waals surface area contributed by atoms with Gasteiger partial charge in [0.25, 0.3) is 15.9 Å². The van der Waals surface area contributed by atoms with E-state index < -0.39 is 10.0 Å². The average Bonchev–Trinajstić information content (AvgIpc) is 3.39. The number of aryl methyl sites for hydroxylation is 1. The number of hydrogen-bond acceptors (Lipinski definition) is 5. The van der Waals surface area contributed by atoms with Crippen molar-refractivity contribution in [2.24, 2.45) is 5.92 Å². The summed E-state index contributed by atoms with van der Waals surface area (Å²) in [5.41, 5.74) is 1.48. The summed E-state index contributed by atoms with van der Waals surface area (Å²) in [6, 6.07) is 8.82. The van der Waals surface area contributed by atoms with E-state index in [9.17, 15) is 18.0 Å². The first-order valence-electron chi connectivity index (χ1n) is 10.1. The third kappa shape index (κ3) is 4.67. The van der Waals surface area contributed by atoms with E-state index in [0.29, 0.717) is 37.7 Å². The van der Waals surface area contributed by atoms with Gasteiger partial charge in [0.2, 0.25) is 5.91 Å². The molecule has 2 aliphatic rings. The quantitative estimate of drug-likeness (QED) is 0.712. The molecule has 1 aliphatic heterocycles. The number of carbonyl (C=O) groups is 2. The van der Waals surface area contributed by atoms with Crippen molar-refractivity contribution in [3.63, 3.8) is 0 Å². The highest BCUT2D eigenvalue weighted by Gasteiger charge is 2.33. The first kappa shape index (κ1) is 20.9. The van der Waals surface area contributed by atoms with Crippen molar-refractivity contribution >= 4 is 38.9 Å². The normalized spacial score (nSPS) is 17.6. The van der Waals surface area contributed by atoms with Gasteiger partial charge in [-0.15, -0.1) is 11.3 Å². The molecule has 2 N–H and O–H groups in total. The van der Waals surface area contributed by atoms with Crippen LogP contribution in [-0.4, -0.2) is 44.3 Å². The Bertz CT molecular complexity index is 1030. The Morgan fingerprint density at radius 2 is 1.70 bits per heavy atom. The summed E-state index contributed by atoms with van der Waals surface area (Å²) in [5, 5.41) is 4.64. The molecule has 1 aliphatic carbocycles. The molecule has 30 heavy (non-hydrogen) atoms. The molecule has 2 aromatic rings. The molecular formula is C21H25N3O4S2. The first-order valence-corrected chi connectivity index (χ1v) is 12.5. The lowest BCUT2D eigenvalue weighted by atomic mass is 9.95. The molecule has 2 amide bonds. The van der Waals surface area contributed by atoms with Crippen molar-refractivity contribution in [1.29, 1.82) is 0 Å². The number of hydrogen-bond donors (Lipinski definition) is 2. The molecule has 0 unspecified atom stereocenters. The predicted octanol–water partition coefficient (Wildman–Crippen LogP) is 2.99. The van der Waals surface area contributed by atoms with Crippen molar-refractivity contribution in [3.8, 4) is 0 Å². The Balaban J connectivity index is 1.42. The molecule has 4 rings (SSSR count). The Morgan fingerprint density at radius 3 is 2.33 bits per heavy atom. The van der Waals surface area contributed by atoms with Crippen LogP contribution in [-0.2, 0) is 14.8 Å². The second kappa shape index (κ2) is 8.39. The molecule has 160 valence electrons. The molecule has 9 heteroatoms. The maximum atomic E-state index is 13.0. The topological polar surface area (TPSA) is 95.6 Å². The van der Waals surface area contributed by atoms with Gasteiger partial charge in [-0.1, -0.05) is 17.7 Å². The minimum Gasteiger partial charge on any atom is -0.353 e. The molecule has 1 aromatic carbocycles. The molecule has 1 aromatic heterocycles. The van der Waals surface area contributed by atoms with Crippen molar-refractivity contribution in [1.82, 2.24) is 10.2 Å². The van der Waals surface area contributed by atoms with Gasteiger partial charge in [-0.2, -0.15) is 0 Å². The summed E-state index contributed by atoms with van der Waals surface area (Å²) in [4.78, 5) is 27.1. The molecule has 7 nitrogen and oxygen atoms in total. The second-order valence-electron chi connectivity index (χ2n) is 7.93. The van der Waals surface area contributed by atoms with E-state index in [2.05, 4.69) is 10.0 Å². The van der Waals surface area contributed by atoms with Crippen LogP contribution in [0.25, 0.3) is 0 Å². The fourth-order valence-corrected chi connectivity index (χ4v) is 5.98. The molecule has 2 heterocycles. The summed E-state index contributed by atoms with van der Waals surface area (Å²) < 4.78 is 28.3. The number of thiophene rings is 1. The Labute approximate surface area is 180 Å². The highest BCUT2D eigenvalue weighted by molar-refractivity contribution is 7.93. The summed E-state index contributed by atoms with van der Waals surface area (Å²) in [6.45, 7) is 2.82. The van der Waals surface area contributed by atoms with Gasteiger partial charge in [0.05, 0.1) is 0 Å². The Kier molecular flexibility index (Phi) is 5.84. The lowest BCUT2D eigenvalue weighted by Gasteiger charge is -2.31. The van der Waals surface area contributed by atoms with Crippen LogP contribution in [0, 0.1) is 12.8 Å². The highest BCUT2D eigenvalue weighted by Crippen LogP contribution is 2.28. The van der Waals surface area contributed by atoms with E-state index in [1.807, 2.05) is 19.1 Å². The van der Waals surface area contributed by atoms with Crippen molar-refractivity contribution in [2.75, 3.05) is 17.8 Å². The minimum absolute atomic E-state index is 0.00771. The van der Waals surface area contributed by atoms with Gasteiger partial charge >= 0.3 is 0 Å². The summed E-state index contributed by atoms with van der Waals surface area (Å²) >= 11 is 1.13. The zero-order valence-electron chi connectivity index (χ0n) is 16.8. The van der Waals surface area contributed by atoms with E-state index in [4.69, 9.17) is 0 Å². The number of carbonyl (C=O) groups excluding carboxylic acids is 2. The third-order valence-electron chi connectivity index (χ3n) is 5.49. The minimum atomic E-state index is -3.88. The number of piperidine rings is 1. The number of nitrogens with zero attached hydrogens (tertiary/aromatic N) is 1.